The smallest absolute Gasteiger partial charge is 0.347 e. The maximum Gasteiger partial charge on any atom is 0.347 e. The molecule has 3 rings (SSSR count). The van der Waals surface area contributed by atoms with Crippen molar-refractivity contribution in [2.24, 2.45) is 0 Å². The minimum atomic E-state index is -0.791. The van der Waals surface area contributed by atoms with Gasteiger partial charge in [0, 0.05) is 23.0 Å². The van der Waals surface area contributed by atoms with Crippen LogP contribution in [0, 0.1) is 11.3 Å². The minimum absolute atomic E-state index is 0.00660. The number of ether oxygens (including phenoxy) is 2. The van der Waals surface area contributed by atoms with Crippen LogP contribution < -0.4 is 4.74 Å². The average molecular weight is 355 g/mol. The van der Waals surface area contributed by atoms with Crippen molar-refractivity contribution in [3.63, 3.8) is 0 Å². The van der Waals surface area contributed by atoms with E-state index in [0.717, 1.165) is 5.52 Å². The largest absolute Gasteiger partial charge is 0.479 e. The second kappa shape index (κ2) is 7.29. The zero-order chi connectivity index (χ0) is 17.8. The first kappa shape index (κ1) is 16.9. The van der Waals surface area contributed by atoms with E-state index in [1.807, 2.05) is 28.8 Å². The Bertz CT molecular complexity index is 959. The number of aromatic nitrogens is 1. The maximum atomic E-state index is 12.2. The molecular weight excluding hydrogens is 340 g/mol. The van der Waals surface area contributed by atoms with Gasteiger partial charge in [0.15, 0.2) is 6.10 Å². The molecular formula is C19H15ClN2O3. The number of halogens is 1. The molecule has 0 aliphatic carbocycles. The van der Waals surface area contributed by atoms with Gasteiger partial charge in [-0.1, -0.05) is 23.7 Å². The molecule has 5 nitrogen and oxygen atoms in total. The van der Waals surface area contributed by atoms with Gasteiger partial charge in [0.1, 0.15) is 18.4 Å². The van der Waals surface area contributed by atoms with Crippen molar-refractivity contribution in [1.82, 2.24) is 4.40 Å². The van der Waals surface area contributed by atoms with Crippen molar-refractivity contribution < 1.29 is 14.3 Å². The van der Waals surface area contributed by atoms with Crippen LogP contribution in [0.1, 0.15) is 18.1 Å². The number of nitriles is 1. The molecule has 0 N–H and O–H groups in total. The fourth-order valence-electron chi connectivity index (χ4n) is 2.47. The predicted molar refractivity (Wildman–Crippen MR) is 93.5 cm³/mol. The van der Waals surface area contributed by atoms with Crippen LogP contribution in [0.5, 0.6) is 5.75 Å². The summed E-state index contributed by atoms with van der Waals surface area (Å²) in [6, 6.07) is 14.5. The third-order valence-corrected chi connectivity index (χ3v) is 3.92. The quantitative estimate of drug-likeness (QED) is 0.650. The van der Waals surface area contributed by atoms with Gasteiger partial charge >= 0.3 is 5.97 Å². The van der Waals surface area contributed by atoms with Gasteiger partial charge in [-0.25, -0.2) is 4.79 Å². The molecule has 0 unspecified atom stereocenters. The molecule has 0 spiro atoms. The summed E-state index contributed by atoms with van der Waals surface area (Å²) >= 11 is 5.89. The van der Waals surface area contributed by atoms with Crippen molar-refractivity contribution in [3.05, 3.63) is 71.0 Å². The lowest BCUT2D eigenvalue weighted by molar-refractivity contribution is -0.152. The standard InChI is InChI=1S/C19H15ClN2O3/c1-13(25-16-6-4-5-15(20)9-16)19(23)24-12-14-11-22-8-3-2-7-18(22)17(14)10-21/h2-9,11,13H,12H2,1H3/t13-/m1/s1. The molecule has 0 amide bonds. The minimum Gasteiger partial charge on any atom is -0.479 e. The van der Waals surface area contributed by atoms with Gasteiger partial charge < -0.3 is 13.9 Å². The lowest BCUT2D eigenvalue weighted by atomic mass is 10.2. The highest BCUT2D eigenvalue weighted by Gasteiger charge is 2.18. The number of hydrogen-bond donors (Lipinski definition) is 0. The predicted octanol–water partition coefficient (Wildman–Crippen LogP) is 3.98. The zero-order valence-electron chi connectivity index (χ0n) is 13.5. The third kappa shape index (κ3) is 3.76. The highest BCUT2D eigenvalue weighted by Crippen LogP contribution is 2.20. The topological polar surface area (TPSA) is 63.7 Å². The monoisotopic (exact) mass is 354 g/mol. The Labute approximate surface area is 150 Å². The zero-order valence-corrected chi connectivity index (χ0v) is 14.2. The number of nitrogens with zero attached hydrogens (tertiary/aromatic N) is 2. The molecule has 0 saturated carbocycles. The van der Waals surface area contributed by atoms with Crippen molar-refractivity contribution in [2.45, 2.75) is 19.6 Å². The number of esters is 1. The fraction of sp³-hybridized carbons (Fsp3) is 0.158. The van der Waals surface area contributed by atoms with Crippen LogP contribution in [0.25, 0.3) is 5.52 Å². The van der Waals surface area contributed by atoms with Crippen LogP contribution in [0.4, 0.5) is 0 Å². The molecule has 1 aromatic carbocycles. The van der Waals surface area contributed by atoms with Gasteiger partial charge in [-0.2, -0.15) is 5.26 Å². The van der Waals surface area contributed by atoms with Gasteiger partial charge in [-0.05, 0) is 37.3 Å². The molecule has 0 radical (unpaired) electrons. The van der Waals surface area contributed by atoms with E-state index in [1.54, 1.807) is 37.4 Å². The van der Waals surface area contributed by atoms with Crippen LogP contribution in [0.2, 0.25) is 5.02 Å². The number of fused-ring (bicyclic) bond motifs is 1. The summed E-state index contributed by atoms with van der Waals surface area (Å²) in [5.41, 5.74) is 1.92. The van der Waals surface area contributed by atoms with Crippen molar-refractivity contribution >= 4 is 23.1 Å². The number of carbonyl (C=O) groups excluding carboxylic acids is 1. The first-order valence-corrected chi connectivity index (χ1v) is 8.04. The van der Waals surface area contributed by atoms with Gasteiger partial charge in [0.2, 0.25) is 0 Å². The summed E-state index contributed by atoms with van der Waals surface area (Å²) in [5.74, 6) is -0.0246. The summed E-state index contributed by atoms with van der Waals surface area (Å²) in [6.45, 7) is 1.61. The Morgan fingerprint density at radius 3 is 2.92 bits per heavy atom. The highest BCUT2D eigenvalue weighted by atomic mass is 35.5. The summed E-state index contributed by atoms with van der Waals surface area (Å²) in [5, 5.41) is 9.88. The fourth-order valence-corrected chi connectivity index (χ4v) is 2.66. The number of hydrogen-bond acceptors (Lipinski definition) is 4. The lowest BCUT2D eigenvalue weighted by Crippen LogP contribution is -2.26. The average Bonchev–Trinajstić information content (AvgIpc) is 2.97. The number of rotatable bonds is 5. The van der Waals surface area contributed by atoms with Crippen LogP contribution in [-0.4, -0.2) is 16.5 Å². The van der Waals surface area contributed by atoms with Gasteiger partial charge in [-0.3, -0.25) is 0 Å². The molecule has 3 aromatic rings. The molecule has 1 atom stereocenters. The Morgan fingerprint density at radius 2 is 2.16 bits per heavy atom. The van der Waals surface area contributed by atoms with E-state index < -0.39 is 12.1 Å². The number of carbonyl (C=O) groups is 1. The van der Waals surface area contributed by atoms with E-state index in [2.05, 4.69) is 6.07 Å². The van der Waals surface area contributed by atoms with Crippen LogP contribution in [0.15, 0.2) is 54.9 Å². The second-order valence-corrected chi connectivity index (χ2v) is 5.90. The summed E-state index contributed by atoms with van der Waals surface area (Å²) in [4.78, 5) is 12.2. The van der Waals surface area contributed by atoms with Gasteiger partial charge in [0.05, 0.1) is 11.1 Å². The number of pyridine rings is 1. The molecule has 0 fully saturated rings. The first-order valence-electron chi connectivity index (χ1n) is 7.66. The van der Waals surface area contributed by atoms with E-state index in [-0.39, 0.29) is 6.61 Å². The van der Waals surface area contributed by atoms with Gasteiger partial charge in [0.25, 0.3) is 0 Å². The molecule has 0 bridgehead atoms. The Morgan fingerprint density at radius 1 is 1.32 bits per heavy atom. The van der Waals surface area contributed by atoms with Crippen molar-refractivity contribution in [1.29, 1.82) is 5.26 Å². The maximum absolute atomic E-state index is 12.2. The van der Waals surface area contributed by atoms with E-state index in [4.69, 9.17) is 21.1 Å². The lowest BCUT2D eigenvalue weighted by Gasteiger charge is -2.14. The summed E-state index contributed by atoms with van der Waals surface area (Å²) in [6.07, 6.45) is 2.83. The van der Waals surface area contributed by atoms with Gasteiger partial charge in [-0.15, -0.1) is 0 Å². The van der Waals surface area contributed by atoms with Crippen molar-refractivity contribution in [3.8, 4) is 11.8 Å². The Hall–Kier alpha value is -2.97. The molecule has 0 aliphatic rings. The second-order valence-electron chi connectivity index (χ2n) is 5.46. The summed E-state index contributed by atoms with van der Waals surface area (Å²) < 4.78 is 12.7. The third-order valence-electron chi connectivity index (χ3n) is 3.68. The molecule has 2 aromatic heterocycles. The van der Waals surface area contributed by atoms with Crippen LogP contribution >= 0.6 is 11.6 Å². The normalized spacial score (nSPS) is 11.7. The molecule has 0 aliphatic heterocycles. The van der Waals surface area contributed by atoms with Crippen molar-refractivity contribution in [2.75, 3.05) is 0 Å². The molecule has 0 saturated heterocycles. The Balaban J connectivity index is 1.67. The van der Waals surface area contributed by atoms with Crippen LogP contribution in [0.3, 0.4) is 0 Å². The highest BCUT2D eigenvalue weighted by molar-refractivity contribution is 6.30. The molecule has 2 heterocycles. The van der Waals surface area contributed by atoms with E-state index in [9.17, 15) is 10.1 Å². The Kier molecular flexibility index (Phi) is 4.92. The van der Waals surface area contributed by atoms with E-state index >= 15 is 0 Å². The van der Waals surface area contributed by atoms with E-state index in [0.29, 0.717) is 21.9 Å². The molecule has 126 valence electrons. The summed E-state index contributed by atoms with van der Waals surface area (Å²) in [7, 11) is 0. The number of benzene rings is 1. The van der Waals surface area contributed by atoms with E-state index in [1.165, 1.54) is 0 Å². The molecule has 25 heavy (non-hydrogen) atoms. The first-order chi connectivity index (χ1) is 12.1. The SMILES string of the molecule is C[C@@H](Oc1cccc(Cl)c1)C(=O)OCc1cn2ccccc2c1C#N. The molecule has 6 heteroatoms. The van der Waals surface area contributed by atoms with Crippen LogP contribution in [-0.2, 0) is 16.1 Å².